The smallest absolute Gasteiger partial charge is 0.323 e. The number of H-pyrrole nitrogens is 2. The lowest BCUT2D eigenvalue weighted by Gasteiger charge is -2.43. The highest BCUT2D eigenvalue weighted by Crippen LogP contribution is 2.31. The number of carbonyl (C=O) groups excluding carboxylic acids is 2. The van der Waals surface area contributed by atoms with Crippen molar-refractivity contribution in [3.05, 3.63) is 64.6 Å². The molecule has 1 fully saturated rings. The number of rotatable bonds is 3. The molecule has 7 heteroatoms. The molecule has 0 unspecified atom stereocenters. The molecular weight excluding hydrogens is 356 g/mol. The molecule has 0 aliphatic carbocycles. The zero-order chi connectivity index (χ0) is 19.7. The number of aromatic nitrogens is 2. The van der Waals surface area contributed by atoms with Crippen molar-refractivity contribution in [3.8, 4) is 0 Å². The standard InChI is InChI=1S/C21H22N4O3/c1-21(11-5-6-12-25(21)18(26)14-7-3-2-4-8-14)19(27)22-15-9-10-16-17(13-15)24-20(28)23-16/h2-4,7-10,13H,5-6,11-12H2,1H3,(H,22,27)(H2,23,24,28)/t21-/m1/s1. The summed E-state index contributed by atoms with van der Waals surface area (Å²) in [4.78, 5) is 44.7. The normalized spacial score (nSPS) is 19.5. The molecule has 2 heterocycles. The van der Waals surface area contributed by atoms with Crippen molar-refractivity contribution >= 4 is 28.5 Å². The van der Waals surface area contributed by atoms with E-state index < -0.39 is 5.54 Å². The monoisotopic (exact) mass is 378 g/mol. The Morgan fingerprint density at radius 3 is 2.57 bits per heavy atom. The predicted molar refractivity (Wildman–Crippen MR) is 107 cm³/mol. The first-order valence-electron chi connectivity index (χ1n) is 9.38. The molecule has 3 aromatic rings. The number of hydrogen-bond acceptors (Lipinski definition) is 3. The summed E-state index contributed by atoms with van der Waals surface area (Å²) in [6.07, 6.45) is 2.35. The number of benzene rings is 2. The second kappa shape index (κ2) is 6.99. The van der Waals surface area contributed by atoms with Crippen LogP contribution in [0.3, 0.4) is 0 Å². The third-order valence-electron chi connectivity index (χ3n) is 5.42. The number of aromatic amines is 2. The van der Waals surface area contributed by atoms with Gasteiger partial charge in [-0.25, -0.2) is 4.79 Å². The quantitative estimate of drug-likeness (QED) is 0.654. The maximum Gasteiger partial charge on any atom is 0.323 e. The summed E-state index contributed by atoms with van der Waals surface area (Å²) in [5.41, 5.74) is 1.21. The van der Waals surface area contributed by atoms with Gasteiger partial charge in [-0.15, -0.1) is 0 Å². The summed E-state index contributed by atoms with van der Waals surface area (Å²) in [5, 5.41) is 2.92. The van der Waals surface area contributed by atoms with Crippen LogP contribution in [0, 0.1) is 0 Å². The van der Waals surface area contributed by atoms with Crippen LogP contribution in [0.25, 0.3) is 11.0 Å². The van der Waals surface area contributed by atoms with Crippen LogP contribution in [0.5, 0.6) is 0 Å². The zero-order valence-electron chi connectivity index (χ0n) is 15.6. The Morgan fingerprint density at radius 1 is 1.04 bits per heavy atom. The lowest BCUT2D eigenvalue weighted by atomic mass is 9.86. The van der Waals surface area contributed by atoms with E-state index in [1.165, 1.54) is 0 Å². The fourth-order valence-corrected chi connectivity index (χ4v) is 3.80. The number of amides is 2. The highest BCUT2D eigenvalue weighted by atomic mass is 16.2. The van der Waals surface area contributed by atoms with E-state index in [4.69, 9.17) is 0 Å². The number of nitrogens with one attached hydrogen (secondary N) is 3. The summed E-state index contributed by atoms with van der Waals surface area (Å²) in [5.74, 6) is -0.364. The molecule has 1 aliphatic heterocycles. The van der Waals surface area contributed by atoms with Gasteiger partial charge < -0.3 is 20.2 Å². The number of anilines is 1. The first-order chi connectivity index (χ1) is 13.5. The van der Waals surface area contributed by atoms with Gasteiger partial charge in [-0.2, -0.15) is 0 Å². The molecule has 2 amide bonds. The number of piperidine rings is 1. The molecule has 144 valence electrons. The fraction of sp³-hybridized carbons (Fsp3) is 0.286. The van der Waals surface area contributed by atoms with Crippen molar-refractivity contribution in [1.29, 1.82) is 0 Å². The van der Waals surface area contributed by atoms with Gasteiger partial charge in [0.15, 0.2) is 0 Å². The molecule has 1 saturated heterocycles. The Kier molecular flexibility index (Phi) is 4.50. The molecule has 28 heavy (non-hydrogen) atoms. The highest BCUT2D eigenvalue weighted by molar-refractivity contribution is 6.04. The van der Waals surface area contributed by atoms with E-state index in [-0.39, 0.29) is 17.5 Å². The number of hydrogen-bond donors (Lipinski definition) is 3. The van der Waals surface area contributed by atoms with E-state index >= 15 is 0 Å². The maximum atomic E-state index is 13.2. The number of likely N-dealkylation sites (tertiary alicyclic amines) is 1. The SMILES string of the molecule is C[C@]1(C(=O)Nc2ccc3[nH]c(=O)[nH]c3c2)CCCCN1C(=O)c1ccccc1. The van der Waals surface area contributed by atoms with Crippen LogP contribution in [0.4, 0.5) is 5.69 Å². The second-order valence-electron chi connectivity index (χ2n) is 7.35. The van der Waals surface area contributed by atoms with Crippen LogP contribution in [-0.2, 0) is 4.79 Å². The molecule has 0 saturated carbocycles. The summed E-state index contributed by atoms with van der Waals surface area (Å²) < 4.78 is 0. The molecule has 1 aromatic heterocycles. The van der Waals surface area contributed by atoms with E-state index in [9.17, 15) is 14.4 Å². The van der Waals surface area contributed by atoms with Crippen LogP contribution in [-0.4, -0.2) is 38.8 Å². The maximum absolute atomic E-state index is 13.2. The molecule has 3 N–H and O–H groups in total. The van der Waals surface area contributed by atoms with Gasteiger partial charge in [-0.05, 0) is 56.5 Å². The highest BCUT2D eigenvalue weighted by Gasteiger charge is 2.44. The molecular formula is C21H22N4O3. The third-order valence-corrected chi connectivity index (χ3v) is 5.42. The van der Waals surface area contributed by atoms with Crippen molar-refractivity contribution in [2.45, 2.75) is 31.7 Å². The van der Waals surface area contributed by atoms with Gasteiger partial charge >= 0.3 is 5.69 Å². The van der Waals surface area contributed by atoms with Crippen LogP contribution in [0.1, 0.15) is 36.5 Å². The average molecular weight is 378 g/mol. The van der Waals surface area contributed by atoms with Crippen molar-refractivity contribution in [3.63, 3.8) is 0 Å². The van der Waals surface area contributed by atoms with Crippen molar-refractivity contribution in [2.24, 2.45) is 0 Å². The number of nitrogens with zero attached hydrogens (tertiary/aromatic N) is 1. The number of carbonyl (C=O) groups is 2. The van der Waals surface area contributed by atoms with Crippen LogP contribution in [0.2, 0.25) is 0 Å². The predicted octanol–water partition coefficient (Wildman–Crippen LogP) is 2.88. The average Bonchev–Trinajstić information content (AvgIpc) is 3.07. The van der Waals surface area contributed by atoms with Gasteiger partial charge in [0.25, 0.3) is 5.91 Å². The fourth-order valence-electron chi connectivity index (χ4n) is 3.80. The Balaban J connectivity index is 1.60. The van der Waals surface area contributed by atoms with E-state index in [0.717, 1.165) is 12.8 Å². The molecule has 1 aliphatic rings. The van der Waals surface area contributed by atoms with Crippen molar-refractivity contribution < 1.29 is 9.59 Å². The van der Waals surface area contributed by atoms with E-state index in [2.05, 4.69) is 15.3 Å². The van der Waals surface area contributed by atoms with Crippen LogP contribution in [0.15, 0.2) is 53.3 Å². The van der Waals surface area contributed by atoms with E-state index in [0.29, 0.717) is 35.2 Å². The lowest BCUT2D eigenvalue weighted by Crippen LogP contribution is -2.59. The van der Waals surface area contributed by atoms with E-state index in [1.54, 1.807) is 35.2 Å². The Morgan fingerprint density at radius 2 is 1.79 bits per heavy atom. The summed E-state index contributed by atoms with van der Waals surface area (Å²) in [6.45, 7) is 2.36. The summed E-state index contributed by atoms with van der Waals surface area (Å²) in [7, 11) is 0. The van der Waals surface area contributed by atoms with Crippen molar-refractivity contribution in [1.82, 2.24) is 14.9 Å². The molecule has 1 atom stereocenters. The minimum atomic E-state index is -0.939. The van der Waals surface area contributed by atoms with E-state index in [1.807, 2.05) is 25.1 Å². The number of imidazole rings is 1. The largest absolute Gasteiger partial charge is 0.324 e. The first kappa shape index (κ1) is 18.0. The zero-order valence-corrected chi connectivity index (χ0v) is 15.6. The Labute approximate surface area is 161 Å². The molecule has 0 spiro atoms. The molecule has 2 aromatic carbocycles. The summed E-state index contributed by atoms with van der Waals surface area (Å²) in [6, 6.07) is 14.2. The van der Waals surface area contributed by atoms with Crippen molar-refractivity contribution in [2.75, 3.05) is 11.9 Å². The van der Waals surface area contributed by atoms with Gasteiger partial charge in [0, 0.05) is 17.8 Å². The second-order valence-corrected chi connectivity index (χ2v) is 7.35. The van der Waals surface area contributed by atoms with Gasteiger partial charge in [-0.3, -0.25) is 9.59 Å². The molecule has 7 nitrogen and oxygen atoms in total. The lowest BCUT2D eigenvalue weighted by molar-refractivity contribution is -0.127. The van der Waals surface area contributed by atoms with Gasteiger partial charge in [0.05, 0.1) is 11.0 Å². The summed E-state index contributed by atoms with van der Waals surface area (Å²) >= 11 is 0. The van der Waals surface area contributed by atoms with Crippen LogP contribution >= 0.6 is 0 Å². The molecule has 4 rings (SSSR count). The van der Waals surface area contributed by atoms with Gasteiger partial charge in [0.2, 0.25) is 5.91 Å². The topological polar surface area (TPSA) is 98.1 Å². The minimum absolute atomic E-state index is 0.136. The Hall–Kier alpha value is -3.35. The molecule has 0 radical (unpaired) electrons. The Bertz CT molecular complexity index is 1090. The van der Waals surface area contributed by atoms with Gasteiger partial charge in [-0.1, -0.05) is 18.2 Å². The van der Waals surface area contributed by atoms with Crippen LogP contribution < -0.4 is 11.0 Å². The minimum Gasteiger partial charge on any atom is -0.324 e. The first-order valence-corrected chi connectivity index (χ1v) is 9.38. The third kappa shape index (κ3) is 3.19. The number of fused-ring (bicyclic) bond motifs is 1. The van der Waals surface area contributed by atoms with Gasteiger partial charge in [0.1, 0.15) is 5.54 Å². The molecule has 0 bridgehead atoms.